The van der Waals surface area contributed by atoms with E-state index in [1.165, 1.54) is 11.2 Å². The second-order valence-corrected chi connectivity index (χ2v) is 5.36. The van der Waals surface area contributed by atoms with E-state index in [1.807, 2.05) is 6.92 Å². The Morgan fingerprint density at radius 2 is 2.35 bits per heavy atom. The number of hydrogen-bond acceptors (Lipinski definition) is 6. The number of aromatic nitrogens is 2. The van der Waals surface area contributed by atoms with Gasteiger partial charge < -0.3 is 16.4 Å². The average molecular weight is 316 g/mol. The Morgan fingerprint density at radius 1 is 1.57 bits per heavy atom. The molecule has 0 aliphatic carbocycles. The molecule has 8 heteroatoms. The number of allylic oxidation sites excluding steroid dienone is 3. The molecular weight excluding hydrogens is 296 g/mol. The number of nitrogens with two attached hydrogens (primary N) is 1. The minimum absolute atomic E-state index is 0.278. The van der Waals surface area contributed by atoms with E-state index < -0.39 is 5.66 Å². The van der Waals surface area contributed by atoms with Gasteiger partial charge in [-0.2, -0.15) is 0 Å². The molecule has 0 saturated carbocycles. The van der Waals surface area contributed by atoms with Gasteiger partial charge in [0, 0.05) is 18.3 Å². The van der Waals surface area contributed by atoms with E-state index >= 15 is 0 Å². The van der Waals surface area contributed by atoms with Crippen LogP contribution in [-0.2, 0) is 9.59 Å². The largest absolute Gasteiger partial charge is 0.344 e. The molecule has 8 nitrogen and oxygen atoms in total. The smallest absolute Gasteiger partial charge is 0.269 e. The Kier molecular flexibility index (Phi) is 5.07. The molecule has 122 valence electrons. The number of hydrogen-bond donors (Lipinski definition) is 3. The first-order valence-corrected chi connectivity index (χ1v) is 7.19. The maximum Gasteiger partial charge on any atom is 0.269 e. The second kappa shape index (κ2) is 7.01. The average Bonchev–Trinajstić information content (AvgIpc) is 2.76. The first-order chi connectivity index (χ1) is 11.0. The summed E-state index contributed by atoms with van der Waals surface area (Å²) in [5, 5.41) is 5.86. The lowest BCUT2D eigenvalue weighted by Gasteiger charge is -2.30. The Labute approximate surface area is 134 Å². The SMILES string of the molecule is C/C(=C\C=C1\C(=O)NC(C)(CCN)N1C=O)Nc1ccncn1. The Hall–Kier alpha value is -2.74. The normalized spacial score (nSPS) is 23.1. The molecule has 1 atom stereocenters. The molecule has 4 N–H and O–H groups in total. The molecule has 1 aliphatic heterocycles. The van der Waals surface area contributed by atoms with E-state index in [9.17, 15) is 9.59 Å². The molecule has 0 radical (unpaired) electrons. The molecule has 2 amide bonds. The summed E-state index contributed by atoms with van der Waals surface area (Å²) in [4.78, 5) is 32.8. The van der Waals surface area contributed by atoms with Crippen molar-refractivity contribution < 1.29 is 9.59 Å². The maximum atomic E-state index is 12.1. The van der Waals surface area contributed by atoms with Crippen molar-refractivity contribution in [3.05, 3.63) is 42.1 Å². The van der Waals surface area contributed by atoms with Crippen LogP contribution in [0.25, 0.3) is 0 Å². The highest BCUT2D eigenvalue weighted by atomic mass is 16.2. The van der Waals surface area contributed by atoms with Crippen LogP contribution in [0.15, 0.2) is 42.1 Å². The third-order valence-electron chi connectivity index (χ3n) is 3.54. The van der Waals surface area contributed by atoms with Gasteiger partial charge in [0.2, 0.25) is 6.41 Å². The number of carbonyl (C=O) groups is 2. The third kappa shape index (κ3) is 3.72. The van der Waals surface area contributed by atoms with E-state index in [0.29, 0.717) is 25.2 Å². The van der Waals surface area contributed by atoms with Gasteiger partial charge in [-0.25, -0.2) is 9.97 Å². The van der Waals surface area contributed by atoms with Crippen LogP contribution < -0.4 is 16.4 Å². The van der Waals surface area contributed by atoms with Crippen LogP contribution in [0.4, 0.5) is 5.82 Å². The van der Waals surface area contributed by atoms with Crippen molar-refractivity contribution >= 4 is 18.1 Å². The molecule has 1 aromatic heterocycles. The minimum Gasteiger partial charge on any atom is -0.344 e. The van der Waals surface area contributed by atoms with Crippen LogP contribution in [0, 0.1) is 0 Å². The van der Waals surface area contributed by atoms with Gasteiger partial charge in [0.15, 0.2) is 0 Å². The lowest BCUT2D eigenvalue weighted by atomic mass is 10.1. The summed E-state index contributed by atoms with van der Waals surface area (Å²) in [7, 11) is 0. The fraction of sp³-hybridized carbons (Fsp3) is 0.333. The molecule has 1 fully saturated rings. The highest BCUT2D eigenvalue weighted by Crippen LogP contribution is 2.26. The monoisotopic (exact) mass is 316 g/mol. The predicted octanol–water partition coefficient (Wildman–Crippen LogP) is 0.329. The quantitative estimate of drug-likeness (QED) is 0.515. The standard InChI is InChI=1S/C15H20N6O2/c1-11(19-13-5-8-17-9-18-13)3-4-12-14(23)20-15(2,6-7-16)21(12)10-22/h3-5,8-10H,6-7,16H2,1-2H3,(H,20,23)(H,17,18,19)/b11-3+,12-4-. The zero-order valence-electron chi connectivity index (χ0n) is 13.1. The van der Waals surface area contributed by atoms with Gasteiger partial charge in [-0.1, -0.05) is 0 Å². The molecule has 1 aliphatic rings. The first-order valence-electron chi connectivity index (χ1n) is 7.19. The molecule has 2 rings (SSSR count). The van der Waals surface area contributed by atoms with Crippen LogP contribution in [0.1, 0.15) is 20.3 Å². The maximum absolute atomic E-state index is 12.1. The van der Waals surface area contributed by atoms with E-state index in [4.69, 9.17) is 5.73 Å². The van der Waals surface area contributed by atoms with Gasteiger partial charge in [0.1, 0.15) is 23.5 Å². The van der Waals surface area contributed by atoms with Crippen molar-refractivity contribution in [3.8, 4) is 0 Å². The molecule has 1 unspecified atom stereocenters. The van der Waals surface area contributed by atoms with Crippen molar-refractivity contribution in [2.45, 2.75) is 25.9 Å². The lowest BCUT2D eigenvalue weighted by molar-refractivity contribution is -0.120. The summed E-state index contributed by atoms with van der Waals surface area (Å²) in [5.74, 6) is 0.336. The molecule has 0 aromatic carbocycles. The Morgan fingerprint density at radius 3 is 2.96 bits per heavy atom. The first kappa shape index (κ1) is 16.6. The molecular formula is C15H20N6O2. The Balaban J connectivity index is 2.18. The van der Waals surface area contributed by atoms with Crippen molar-refractivity contribution in [1.29, 1.82) is 0 Å². The van der Waals surface area contributed by atoms with Crippen LogP contribution in [0.2, 0.25) is 0 Å². The van der Waals surface area contributed by atoms with Crippen LogP contribution in [0.5, 0.6) is 0 Å². The number of anilines is 1. The van der Waals surface area contributed by atoms with Crippen molar-refractivity contribution in [2.24, 2.45) is 5.73 Å². The third-order valence-corrected chi connectivity index (χ3v) is 3.54. The number of rotatable bonds is 6. The molecule has 2 heterocycles. The van der Waals surface area contributed by atoms with Gasteiger partial charge in [-0.05, 0) is 38.6 Å². The molecule has 23 heavy (non-hydrogen) atoms. The van der Waals surface area contributed by atoms with Crippen molar-refractivity contribution in [2.75, 3.05) is 11.9 Å². The summed E-state index contributed by atoms with van der Waals surface area (Å²) < 4.78 is 0. The highest BCUT2D eigenvalue weighted by Gasteiger charge is 2.43. The summed E-state index contributed by atoms with van der Waals surface area (Å²) >= 11 is 0. The highest BCUT2D eigenvalue weighted by molar-refractivity contribution is 5.98. The summed E-state index contributed by atoms with van der Waals surface area (Å²) in [6.07, 6.45) is 7.47. The summed E-state index contributed by atoms with van der Waals surface area (Å²) in [6, 6.07) is 1.73. The van der Waals surface area contributed by atoms with E-state index in [2.05, 4.69) is 20.6 Å². The number of amides is 2. The van der Waals surface area contributed by atoms with E-state index in [0.717, 1.165) is 5.70 Å². The van der Waals surface area contributed by atoms with E-state index in [1.54, 1.807) is 31.3 Å². The number of nitrogens with one attached hydrogen (secondary N) is 2. The number of carbonyl (C=O) groups excluding carboxylic acids is 2. The van der Waals surface area contributed by atoms with Crippen molar-refractivity contribution in [3.63, 3.8) is 0 Å². The number of nitrogens with zero attached hydrogens (tertiary/aromatic N) is 3. The zero-order chi connectivity index (χ0) is 16.9. The molecule has 0 bridgehead atoms. The fourth-order valence-electron chi connectivity index (χ4n) is 2.35. The topological polar surface area (TPSA) is 113 Å². The zero-order valence-corrected chi connectivity index (χ0v) is 13.1. The van der Waals surface area contributed by atoms with E-state index in [-0.39, 0.29) is 11.6 Å². The van der Waals surface area contributed by atoms with Crippen LogP contribution >= 0.6 is 0 Å². The molecule has 1 aromatic rings. The lowest BCUT2D eigenvalue weighted by Crippen LogP contribution is -2.49. The minimum atomic E-state index is -0.790. The predicted molar refractivity (Wildman–Crippen MR) is 85.6 cm³/mol. The molecule has 0 spiro atoms. The second-order valence-electron chi connectivity index (χ2n) is 5.36. The fourth-order valence-corrected chi connectivity index (χ4v) is 2.35. The summed E-state index contributed by atoms with van der Waals surface area (Å²) in [5.41, 5.74) is 5.82. The van der Waals surface area contributed by atoms with Gasteiger partial charge >= 0.3 is 0 Å². The Bertz CT molecular complexity index is 643. The van der Waals surface area contributed by atoms with Gasteiger partial charge in [-0.3, -0.25) is 14.5 Å². The van der Waals surface area contributed by atoms with Crippen LogP contribution in [-0.4, -0.2) is 39.4 Å². The van der Waals surface area contributed by atoms with Gasteiger partial charge in [0.05, 0.1) is 0 Å². The molecule has 1 saturated heterocycles. The summed E-state index contributed by atoms with van der Waals surface area (Å²) in [6.45, 7) is 3.96. The van der Waals surface area contributed by atoms with Crippen LogP contribution in [0.3, 0.4) is 0 Å². The van der Waals surface area contributed by atoms with Crippen molar-refractivity contribution in [1.82, 2.24) is 20.2 Å². The van der Waals surface area contributed by atoms with Gasteiger partial charge in [-0.15, -0.1) is 0 Å². The van der Waals surface area contributed by atoms with Gasteiger partial charge in [0.25, 0.3) is 5.91 Å².